The van der Waals surface area contributed by atoms with Gasteiger partial charge >= 0.3 is 0 Å². The summed E-state index contributed by atoms with van der Waals surface area (Å²) in [6.45, 7) is 0.270. The Morgan fingerprint density at radius 3 is 2.67 bits per heavy atom. The first-order valence-corrected chi connectivity index (χ1v) is 6.78. The van der Waals surface area contributed by atoms with E-state index < -0.39 is 0 Å². The lowest BCUT2D eigenvalue weighted by Gasteiger charge is -2.32. The average Bonchev–Trinajstić information content (AvgIpc) is 2.50. The molecule has 1 aliphatic rings. The van der Waals surface area contributed by atoms with E-state index in [2.05, 4.69) is 0 Å². The third-order valence-electron chi connectivity index (χ3n) is 3.82. The van der Waals surface area contributed by atoms with Crippen LogP contribution in [0.3, 0.4) is 0 Å². The van der Waals surface area contributed by atoms with Gasteiger partial charge in [0.15, 0.2) is 11.5 Å². The number of fused-ring (bicyclic) bond motifs is 1. The maximum absolute atomic E-state index is 10.1. The SMILES string of the molecule is NC[C@@H]1O[C@H](c2cccc(O)c2)Cc2c1ccc(O)c2O. The van der Waals surface area contributed by atoms with Gasteiger partial charge in [0, 0.05) is 18.5 Å². The van der Waals surface area contributed by atoms with Crippen molar-refractivity contribution in [2.45, 2.75) is 18.6 Å². The Morgan fingerprint density at radius 2 is 1.95 bits per heavy atom. The monoisotopic (exact) mass is 287 g/mol. The molecule has 1 aliphatic heterocycles. The van der Waals surface area contributed by atoms with E-state index in [9.17, 15) is 15.3 Å². The number of hydrogen-bond donors (Lipinski definition) is 4. The van der Waals surface area contributed by atoms with E-state index in [1.54, 1.807) is 24.3 Å². The highest BCUT2D eigenvalue weighted by atomic mass is 16.5. The summed E-state index contributed by atoms with van der Waals surface area (Å²) in [5.74, 6) is -0.119. The van der Waals surface area contributed by atoms with E-state index in [4.69, 9.17) is 10.5 Å². The van der Waals surface area contributed by atoms with Crippen molar-refractivity contribution in [2.24, 2.45) is 5.73 Å². The Labute approximate surface area is 122 Å². The predicted molar refractivity (Wildman–Crippen MR) is 77.2 cm³/mol. The molecule has 0 amide bonds. The zero-order valence-corrected chi connectivity index (χ0v) is 11.4. The molecule has 1 heterocycles. The quantitative estimate of drug-likeness (QED) is 0.634. The molecule has 5 nitrogen and oxygen atoms in total. The molecule has 2 aromatic carbocycles. The predicted octanol–water partition coefficient (Wildman–Crippen LogP) is 2.12. The van der Waals surface area contributed by atoms with E-state index in [-0.39, 0.29) is 36.0 Å². The van der Waals surface area contributed by atoms with Crippen LogP contribution in [0.5, 0.6) is 17.2 Å². The molecule has 0 saturated heterocycles. The van der Waals surface area contributed by atoms with Crippen LogP contribution in [0.15, 0.2) is 36.4 Å². The highest BCUT2D eigenvalue weighted by molar-refractivity contribution is 5.51. The fourth-order valence-corrected chi connectivity index (χ4v) is 2.76. The first kappa shape index (κ1) is 13.7. The highest BCUT2D eigenvalue weighted by Crippen LogP contribution is 2.43. The molecule has 0 aliphatic carbocycles. The molecule has 21 heavy (non-hydrogen) atoms. The van der Waals surface area contributed by atoms with Crippen LogP contribution in [0, 0.1) is 0 Å². The van der Waals surface area contributed by atoms with Gasteiger partial charge < -0.3 is 25.8 Å². The van der Waals surface area contributed by atoms with E-state index in [0.717, 1.165) is 11.1 Å². The lowest BCUT2D eigenvalue weighted by atomic mass is 9.90. The van der Waals surface area contributed by atoms with Crippen molar-refractivity contribution in [3.63, 3.8) is 0 Å². The molecule has 5 N–H and O–H groups in total. The van der Waals surface area contributed by atoms with Crippen molar-refractivity contribution in [2.75, 3.05) is 6.54 Å². The smallest absolute Gasteiger partial charge is 0.161 e. The summed E-state index contributed by atoms with van der Waals surface area (Å²) in [4.78, 5) is 0. The number of rotatable bonds is 2. The van der Waals surface area contributed by atoms with Gasteiger partial charge in [0.1, 0.15) is 5.75 Å². The van der Waals surface area contributed by atoms with Gasteiger partial charge in [-0.1, -0.05) is 18.2 Å². The van der Waals surface area contributed by atoms with Gasteiger partial charge in [0.05, 0.1) is 12.2 Å². The van der Waals surface area contributed by atoms with Gasteiger partial charge in [0.2, 0.25) is 0 Å². The number of nitrogens with two attached hydrogens (primary N) is 1. The fraction of sp³-hybridized carbons (Fsp3) is 0.250. The number of ether oxygens (including phenoxy) is 1. The highest BCUT2D eigenvalue weighted by Gasteiger charge is 2.30. The molecule has 0 aromatic heterocycles. The molecule has 2 atom stereocenters. The van der Waals surface area contributed by atoms with Crippen LogP contribution in [0.25, 0.3) is 0 Å². The van der Waals surface area contributed by atoms with E-state index >= 15 is 0 Å². The van der Waals surface area contributed by atoms with Crippen molar-refractivity contribution in [1.82, 2.24) is 0 Å². The number of phenolic OH excluding ortho intramolecular Hbond substituents is 3. The molecule has 0 fully saturated rings. The van der Waals surface area contributed by atoms with Gasteiger partial charge in [0.25, 0.3) is 0 Å². The first-order chi connectivity index (χ1) is 10.1. The molecule has 2 aromatic rings. The molecule has 3 rings (SSSR count). The minimum absolute atomic E-state index is 0.126. The Kier molecular flexibility index (Phi) is 3.45. The van der Waals surface area contributed by atoms with Crippen molar-refractivity contribution < 1.29 is 20.1 Å². The molecular weight excluding hydrogens is 270 g/mol. The molecule has 0 radical (unpaired) electrons. The normalized spacial score (nSPS) is 21.0. The van der Waals surface area contributed by atoms with Crippen molar-refractivity contribution in [3.8, 4) is 17.2 Å². The van der Waals surface area contributed by atoms with E-state index in [1.165, 1.54) is 6.07 Å². The lowest BCUT2D eigenvalue weighted by molar-refractivity contribution is -0.0231. The second-order valence-electron chi connectivity index (χ2n) is 5.15. The van der Waals surface area contributed by atoms with Crippen LogP contribution in [0.1, 0.15) is 28.9 Å². The molecule has 0 bridgehead atoms. The molecule has 0 saturated carbocycles. The van der Waals surface area contributed by atoms with Crippen LogP contribution in [-0.2, 0) is 11.2 Å². The van der Waals surface area contributed by atoms with Crippen LogP contribution in [0.4, 0.5) is 0 Å². The standard InChI is InChI=1S/C16H17NO4/c17-8-15-11-4-5-13(19)16(20)12(11)7-14(21-15)9-2-1-3-10(18)6-9/h1-6,14-15,18-20H,7-8,17H2/t14-,15-/m0/s1. The van der Waals surface area contributed by atoms with Crippen LogP contribution < -0.4 is 5.73 Å². The minimum Gasteiger partial charge on any atom is -0.508 e. The summed E-state index contributed by atoms with van der Waals surface area (Å²) in [6, 6.07) is 9.97. The second-order valence-corrected chi connectivity index (χ2v) is 5.15. The summed E-state index contributed by atoms with van der Waals surface area (Å²) >= 11 is 0. The van der Waals surface area contributed by atoms with Crippen molar-refractivity contribution in [1.29, 1.82) is 0 Å². The number of aromatic hydroxyl groups is 3. The molecule has 0 spiro atoms. The third-order valence-corrected chi connectivity index (χ3v) is 3.82. The molecule has 5 heteroatoms. The summed E-state index contributed by atoms with van der Waals surface area (Å²) in [7, 11) is 0. The van der Waals surface area contributed by atoms with Crippen LogP contribution in [0.2, 0.25) is 0 Å². The Bertz CT molecular complexity index is 671. The number of phenols is 3. The molecule has 0 unspecified atom stereocenters. The summed E-state index contributed by atoms with van der Waals surface area (Å²) in [6.07, 6.45) is -0.270. The van der Waals surface area contributed by atoms with Crippen LogP contribution in [-0.4, -0.2) is 21.9 Å². The maximum atomic E-state index is 10.1. The first-order valence-electron chi connectivity index (χ1n) is 6.78. The average molecular weight is 287 g/mol. The van der Waals surface area contributed by atoms with Gasteiger partial charge in [-0.25, -0.2) is 0 Å². The summed E-state index contributed by atoms with van der Waals surface area (Å²) < 4.78 is 5.97. The summed E-state index contributed by atoms with van der Waals surface area (Å²) in [5, 5.41) is 29.3. The Hall–Kier alpha value is -2.24. The second kappa shape index (κ2) is 5.27. The largest absolute Gasteiger partial charge is 0.508 e. The van der Waals surface area contributed by atoms with Crippen molar-refractivity contribution >= 4 is 0 Å². The zero-order valence-electron chi connectivity index (χ0n) is 11.4. The summed E-state index contributed by atoms with van der Waals surface area (Å²) in [5.41, 5.74) is 8.00. The minimum atomic E-state index is -0.354. The fourth-order valence-electron chi connectivity index (χ4n) is 2.76. The van der Waals surface area contributed by atoms with Crippen LogP contribution >= 0.6 is 0 Å². The van der Waals surface area contributed by atoms with Gasteiger partial charge in [-0.2, -0.15) is 0 Å². The van der Waals surface area contributed by atoms with Gasteiger partial charge in [-0.15, -0.1) is 0 Å². The maximum Gasteiger partial charge on any atom is 0.161 e. The number of hydrogen-bond acceptors (Lipinski definition) is 5. The lowest BCUT2D eigenvalue weighted by Crippen LogP contribution is -2.25. The van der Waals surface area contributed by atoms with Gasteiger partial charge in [-0.05, 0) is 29.3 Å². The molecule has 110 valence electrons. The number of benzene rings is 2. The Balaban J connectivity index is 2.03. The van der Waals surface area contributed by atoms with E-state index in [1.807, 2.05) is 6.07 Å². The van der Waals surface area contributed by atoms with E-state index in [0.29, 0.717) is 12.0 Å². The third kappa shape index (κ3) is 2.41. The van der Waals surface area contributed by atoms with Gasteiger partial charge in [-0.3, -0.25) is 0 Å². The topological polar surface area (TPSA) is 95.9 Å². The molecular formula is C16H17NO4. The Morgan fingerprint density at radius 1 is 1.14 bits per heavy atom. The zero-order chi connectivity index (χ0) is 15.0. The van der Waals surface area contributed by atoms with Crippen molar-refractivity contribution in [3.05, 3.63) is 53.1 Å².